The van der Waals surface area contributed by atoms with E-state index in [0.717, 1.165) is 18.6 Å². The Hall–Kier alpha value is -1.80. The maximum absolute atomic E-state index is 10.1. The van der Waals surface area contributed by atoms with E-state index in [1.807, 2.05) is 18.2 Å². The Balaban J connectivity index is 2.16. The van der Waals surface area contributed by atoms with E-state index in [2.05, 4.69) is 65.0 Å². The molecule has 0 aliphatic carbocycles. The molecule has 0 fully saturated rings. The second-order valence-electron chi connectivity index (χ2n) is 8.20. The topological polar surface area (TPSA) is 29.5 Å². The van der Waals surface area contributed by atoms with Gasteiger partial charge in [-0.25, -0.2) is 0 Å². The highest BCUT2D eigenvalue weighted by atomic mass is 16.5. The highest BCUT2D eigenvalue weighted by molar-refractivity contribution is 5.42. The summed E-state index contributed by atoms with van der Waals surface area (Å²) < 4.78 is 6.18. The van der Waals surface area contributed by atoms with Crippen LogP contribution in [-0.2, 0) is 18.4 Å². The molecule has 0 aromatic heterocycles. The molecule has 1 N–H and O–H groups in total. The van der Waals surface area contributed by atoms with Crippen LogP contribution in [0.4, 0.5) is 0 Å². The second kappa shape index (κ2) is 8.53. The number of benzene rings is 2. The van der Waals surface area contributed by atoms with Gasteiger partial charge in [0.15, 0.2) is 0 Å². The van der Waals surface area contributed by atoms with Crippen molar-refractivity contribution in [1.82, 2.24) is 0 Å². The van der Waals surface area contributed by atoms with Gasteiger partial charge in [0.05, 0.1) is 6.10 Å². The fourth-order valence-electron chi connectivity index (χ4n) is 2.84. The quantitative estimate of drug-likeness (QED) is 0.720. The molecule has 2 aromatic rings. The number of hydrogen-bond acceptors (Lipinski definition) is 2. The molecule has 0 unspecified atom stereocenters. The van der Waals surface area contributed by atoms with Gasteiger partial charge in [-0.05, 0) is 46.9 Å². The Kier molecular flexibility index (Phi) is 6.66. The fraction of sp³-hybridized carbons (Fsp3) is 0.478. The van der Waals surface area contributed by atoms with Crippen molar-refractivity contribution in [2.75, 3.05) is 0 Å². The molecule has 2 rings (SSSR count). The minimum atomic E-state index is -0.254. The van der Waals surface area contributed by atoms with Crippen LogP contribution in [-0.4, -0.2) is 11.2 Å². The first-order valence-electron chi connectivity index (χ1n) is 9.25. The molecule has 1 atom stereocenters. The molecule has 0 amide bonds. The van der Waals surface area contributed by atoms with E-state index in [0.29, 0.717) is 12.5 Å². The Morgan fingerprint density at radius 1 is 0.960 bits per heavy atom. The third-order valence-electron chi connectivity index (χ3n) is 4.59. The van der Waals surface area contributed by atoms with Crippen molar-refractivity contribution in [1.29, 1.82) is 0 Å². The molecular formula is C23H32O2. The molecule has 2 heteroatoms. The molecule has 0 heterocycles. The zero-order chi connectivity index (χ0) is 18.4. The number of aliphatic hydroxyl groups excluding tert-OH is 1. The van der Waals surface area contributed by atoms with Gasteiger partial charge in [0.25, 0.3) is 0 Å². The van der Waals surface area contributed by atoms with Crippen molar-refractivity contribution in [3.63, 3.8) is 0 Å². The molecular weight excluding hydrogens is 308 g/mol. The standard InChI is InChI=1S/C23H32O2/c1-17(2)21(24)14-12-18-11-13-20(23(3,4)5)22(15-18)25-16-19-9-7-6-8-10-19/h6-11,13,15,17,21,24H,12,14,16H2,1-5H3/t21-/m0/s1. The minimum absolute atomic E-state index is 0.0298. The van der Waals surface area contributed by atoms with Gasteiger partial charge in [-0.3, -0.25) is 0 Å². The van der Waals surface area contributed by atoms with E-state index in [1.54, 1.807) is 0 Å². The first kappa shape index (κ1) is 19.5. The van der Waals surface area contributed by atoms with Crippen LogP contribution < -0.4 is 4.74 Å². The minimum Gasteiger partial charge on any atom is -0.489 e. The Morgan fingerprint density at radius 3 is 2.24 bits per heavy atom. The third-order valence-corrected chi connectivity index (χ3v) is 4.59. The molecule has 0 aliphatic rings. The van der Waals surface area contributed by atoms with Gasteiger partial charge in [-0.15, -0.1) is 0 Å². The molecule has 0 bridgehead atoms. The van der Waals surface area contributed by atoms with Crippen molar-refractivity contribution in [2.24, 2.45) is 5.92 Å². The maximum atomic E-state index is 10.1. The van der Waals surface area contributed by atoms with E-state index in [-0.39, 0.29) is 11.5 Å². The van der Waals surface area contributed by atoms with Crippen molar-refractivity contribution < 1.29 is 9.84 Å². The summed E-state index contributed by atoms with van der Waals surface area (Å²) in [6.45, 7) is 11.3. The summed E-state index contributed by atoms with van der Waals surface area (Å²) in [5.74, 6) is 1.25. The first-order chi connectivity index (χ1) is 11.8. The van der Waals surface area contributed by atoms with E-state index < -0.39 is 0 Å². The van der Waals surface area contributed by atoms with Gasteiger partial charge < -0.3 is 9.84 Å². The SMILES string of the molecule is CC(C)[C@@H](O)CCc1ccc(C(C)(C)C)c(OCc2ccccc2)c1. The van der Waals surface area contributed by atoms with Gasteiger partial charge in [0.1, 0.15) is 12.4 Å². The van der Waals surface area contributed by atoms with Gasteiger partial charge in [0, 0.05) is 0 Å². The highest BCUT2D eigenvalue weighted by Crippen LogP contribution is 2.33. The highest BCUT2D eigenvalue weighted by Gasteiger charge is 2.20. The van der Waals surface area contributed by atoms with E-state index in [1.165, 1.54) is 16.7 Å². The number of rotatable bonds is 7. The molecule has 2 aromatic carbocycles. The molecule has 0 saturated carbocycles. The Morgan fingerprint density at radius 2 is 1.64 bits per heavy atom. The second-order valence-corrected chi connectivity index (χ2v) is 8.20. The molecule has 0 radical (unpaired) electrons. The monoisotopic (exact) mass is 340 g/mol. The van der Waals surface area contributed by atoms with Crippen LogP contribution in [0.1, 0.15) is 57.7 Å². The van der Waals surface area contributed by atoms with E-state index >= 15 is 0 Å². The number of hydrogen-bond donors (Lipinski definition) is 1. The largest absolute Gasteiger partial charge is 0.489 e. The average Bonchev–Trinajstić information content (AvgIpc) is 2.57. The predicted octanol–water partition coefficient (Wildman–Crippen LogP) is 5.51. The van der Waals surface area contributed by atoms with E-state index in [4.69, 9.17) is 4.74 Å². The molecule has 2 nitrogen and oxygen atoms in total. The van der Waals surface area contributed by atoms with Gasteiger partial charge in [-0.2, -0.15) is 0 Å². The molecule has 0 spiro atoms. The van der Waals surface area contributed by atoms with Crippen molar-refractivity contribution in [3.8, 4) is 5.75 Å². The first-order valence-corrected chi connectivity index (χ1v) is 9.25. The van der Waals surface area contributed by atoms with Crippen LogP contribution in [0.2, 0.25) is 0 Å². The number of aliphatic hydroxyl groups is 1. The summed E-state index contributed by atoms with van der Waals surface area (Å²) in [7, 11) is 0. The lowest BCUT2D eigenvalue weighted by atomic mass is 9.85. The molecule has 136 valence electrons. The fourth-order valence-corrected chi connectivity index (χ4v) is 2.84. The van der Waals surface area contributed by atoms with Crippen molar-refractivity contribution in [3.05, 3.63) is 65.2 Å². The lowest BCUT2D eigenvalue weighted by Gasteiger charge is -2.24. The van der Waals surface area contributed by atoms with E-state index in [9.17, 15) is 5.11 Å². The number of ether oxygens (including phenoxy) is 1. The summed E-state index contributed by atoms with van der Waals surface area (Å²) in [5, 5.41) is 10.1. The van der Waals surface area contributed by atoms with Crippen LogP contribution >= 0.6 is 0 Å². The lowest BCUT2D eigenvalue weighted by molar-refractivity contribution is 0.116. The Labute approximate surface area is 152 Å². The van der Waals surface area contributed by atoms with Crippen LogP contribution in [0.3, 0.4) is 0 Å². The van der Waals surface area contributed by atoms with Gasteiger partial charge >= 0.3 is 0 Å². The van der Waals surface area contributed by atoms with Crippen LogP contribution in [0.5, 0.6) is 5.75 Å². The van der Waals surface area contributed by atoms with Crippen LogP contribution in [0.25, 0.3) is 0 Å². The van der Waals surface area contributed by atoms with Crippen LogP contribution in [0.15, 0.2) is 48.5 Å². The number of aryl methyl sites for hydroxylation is 1. The summed E-state index contributed by atoms with van der Waals surface area (Å²) >= 11 is 0. The lowest BCUT2D eigenvalue weighted by Crippen LogP contribution is -2.16. The average molecular weight is 341 g/mol. The zero-order valence-corrected chi connectivity index (χ0v) is 16.3. The normalized spacial score (nSPS) is 13.1. The molecule has 25 heavy (non-hydrogen) atoms. The van der Waals surface area contributed by atoms with Crippen molar-refractivity contribution in [2.45, 2.75) is 65.6 Å². The summed E-state index contributed by atoms with van der Waals surface area (Å²) in [6.07, 6.45) is 1.40. The Bertz CT molecular complexity index is 654. The summed E-state index contributed by atoms with van der Waals surface area (Å²) in [4.78, 5) is 0. The molecule has 0 aliphatic heterocycles. The van der Waals surface area contributed by atoms with Crippen LogP contribution in [0, 0.1) is 5.92 Å². The van der Waals surface area contributed by atoms with Gasteiger partial charge in [-0.1, -0.05) is 77.1 Å². The maximum Gasteiger partial charge on any atom is 0.123 e. The smallest absolute Gasteiger partial charge is 0.123 e. The molecule has 0 saturated heterocycles. The zero-order valence-electron chi connectivity index (χ0n) is 16.3. The van der Waals surface area contributed by atoms with Crippen molar-refractivity contribution >= 4 is 0 Å². The third kappa shape index (κ3) is 5.89. The summed E-state index contributed by atoms with van der Waals surface area (Å²) in [5.41, 5.74) is 3.64. The predicted molar refractivity (Wildman–Crippen MR) is 105 cm³/mol. The van der Waals surface area contributed by atoms with Gasteiger partial charge in [0.2, 0.25) is 0 Å². The summed E-state index contributed by atoms with van der Waals surface area (Å²) in [6, 6.07) is 16.8.